The van der Waals surface area contributed by atoms with E-state index in [0.717, 1.165) is 22.6 Å². The van der Waals surface area contributed by atoms with E-state index in [1.807, 2.05) is 30.3 Å². The van der Waals surface area contributed by atoms with Gasteiger partial charge in [-0.1, -0.05) is 6.07 Å². The molecule has 1 amide bonds. The van der Waals surface area contributed by atoms with Crippen molar-refractivity contribution in [1.82, 2.24) is 9.88 Å². The number of hydrogen-bond acceptors (Lipinski definition) is 5. The second-order valence-corrected chi connectivity index (χ2v) is 6.03. The molecule has 1 unspecified atom stereocenters. The van der Waals surface area contributed by atoms with Gasteiger partial charge in [0, 0.05) is 25.5 Å². The summed E-state index contributed by atoms with van der Waals surface area (Å²) in [5.74, 6) is 1.25. The molecule has 0 radical (unpaired) electrons. The van der Waals surface area contributed by atoms with E-state index in [9.17, 15) is 9.90 Å². The van der Waals surface area contributed by atoms with Crippen molar-refractivity contribution in [2.45, 2.75) is 13.0 Å². The molecule has 3 rings (SSSR count). The lowest BCUT2D eigenvalue weighted by Crippen LogP contribution is -2.41. The molecule has 1 aromatic carbocycles. The van der Waals surface area contributed by atoms with Crippen molar-refractivity contribution in [3.05, 3.63) is 53.9 Å². The van der Waals surface area contributed by atoms with E-state index >= 15 is 0 Å². The number of hydrogen-bond donors (Lipinski definition) is 1. The molecule has 1 N–H and O–H groups in total. The standard InChI is InChI=1S/C19H22N2O4/c1-24-17-4-5-18-15(10-17)9-16(13-25-18)19(23)21(7-8-22)12-14-3-2-6-20-11-14/h2-6,10-11,16,22H,7-9,12-13H2,1H3. The Labute approximate surface area is 147 Å². The smallest absolute Gasteiger partial charge is 0.229 e. The molecule has 2 heterocycles. The highest BCUT2D eigenvalue weighted by molar-refractivity contribution is 5.80. The number of aliphatic hydroxyl groups is 1. The molecular weight excluding hydrogens is 320 g/mol. The number of nitrogens with zero attached hydrogens (tertiary/aromatic N) is 2. The summed E-state index contributed by atoms with van der Waals surface area (Å²) in [5.41, 5.74) is 1.90. The van der Waals surface area contributed by atoms with Crippen LogP contribution in [0.2, 0.25) is 0 Å². The van der Waals surface area contributed by atoms with Gasteiger partial charge in [0.2, 0.25) is 5.91 Å². The zero-order valence-corrected chi connectivity index (χ0v) is 14.2. The fourth-order valence-corrected chi connectivity index (χ4v) is 3.01. The number of benzene rings is 1. The van der Waals surface area contributed by atoms with E-state index < -0.39 is 0 Å². The van der Waals surface area contributed by atoms with Crippen LogP contribution in [0.3, 0.4) is 0 Å². The lowest BCUT2D eigenvalue weighted by Gasteiger charge is -2.30. The number of aliphatic hydroxyl groups excluding tert-OH is 1. The predicted octanol–water partition coefficient (Wildman–Crippen LogP) is 1.66. The quantitative estimate of drug-likeness (QED) is 0.864. The topological polar surface area (TPSA) is 71.9 Å². The van der Waals surface area contributed by atoms with Gasteiger partial charge in [-0.05, 0) is 41.8 Å². The molecule has 25 heavy (non-hydrogen) atoms. The maximum Gasteiger partial charge on any atom is 0.229 e. The molecule has 0 saturated heterocycles. The summed E-state index contributed by atoms with van der Waals surface area (Å²) >= 11 is 0. The zero-order chi connectivity index (χ0) is 17.6. The highest BCUT2D eigenvalue weighted by Crippen LogP contribution is 2.31. The number of fused-ring (bicyclic) bond motifs is 1. The van der Waals surface area contributed by atoms with Gasteiger partial charge in [0.05, 0.1) is 19.6 Å². The van der Waals surface area contributed by atoms with E-state index in [1.165, 1.54) is 0 Å². The van der Waals surface area contributed by atoms with Crippen LogP contribution in [0.15, 0.2) is 42.7 Å². The van der Waals surface area contributed by atoms with Crippen LogP contribution in [-0.4, -0.2) is 47.8 Å². The highest BCUT2D eigenvalue weighted by Gasteiger charge is 2.29. The first-order chi connectivity index (χ1) is 12.2. The molecule has 0 bridgehead atoms. The Morgan fingerprint density at radius 3 is 3.04 bits per heavy atom. The monoisotopic (exact) mass is 342 g/mol. The number of pyridine rings is 1. The number of rotatable bonds is 6. The van der Waals surface area contributed by atoms with Crippen molar-refractivity contribution in [2.75, 3.05) is 26.9 Å². The van der Waals surface area contributed by atoms with Crippen LogP contribution in [-0.2, 0) is 17.8 Å². The van der Waals surface area contributed by atoms with Gasteiger partial charge < -0.3 is 19.5 Å². The van der Waals surface area contributed by atoms with Crippen molar-refractivity contribution in [3.8, 4) is 11.5 Å². The van der Waals surface area contributed by atoms with Crippen LogP contribution >= 0.6 is 0 Å². The molecule has 0 fully saturated rings. The van der Waals surface area contributed by atoms with Crippen molar-refractivity contribution in [1.29, 1.82) is 0 Å². The second-order valence-electron chi connectivity index (χ2n) is 6.03. The summed E-state index contributed by atoms with van der Waals surface area (Å²) in [7, 11) is 1.62. The summed E-state index contributed by atoms with van der Waals surface area (Å²) in [5, 5.41) is 9.33. The normalized spacial score (nSPS) is 15.8. The van der Waals surface area contributed by atoms with Gasteiger partial charge in [0.15, 0.2) is 0 Å². The van der Waals surface area contributed by atoms with Crippen LogP contribution in [0, 0.1) is 5.92 Å². The SMILES string of the molecule is COc1ccc2c(c1)CC(C(=O)N(CCO)Cc1cccnc1)CO2. The van der Waals surface area contributed by atoms with E-state index in [4.69, 9.17) is 9.47 Å². The first-order valence-electron chi connectivity index (χ1n) is 8.29. The molecule has 1 aliphatic rings. The van der Waals surface area contributed by atoms with Crippen molar-refractivity contribution in [3.63, 3.8) is 0 Å². The molecule has 0 aliphatic carbocycles. The van der Waals surface area contributed by atoms with Gasteiger partial charge >= 0.3 is 0 Å². The minimum absolute atomic E-state index is 0.0219. The van der Waals surface area contributed by atoms with Gasteiger partial charge in [-0.3, -0.25) is 9.78 Å². The molecule has 0 spiro atoms. The minimum Gasteiger partial charge on any atom is -0.497 e. The van der Waals surface area contributed by atoms with Gasteiger partial charge in [-0.2, -0.15) is 0 Å². The highest BCUT2D eigenvalue weighted by atomic mass is 16.5. The molecule has 6 nitrogen and oxygen atoms in total. The maximum absolute atomic E-state index is 12.9. The minimum atomic E-state index is -0.275. The average Bonchev–Trinajstić information content (AvgIpc) is 2.67. The van der Waals surface area contributed by atoms with Crippen molar-refractivity contribution >= 4 is 5.91 Å². The van der Waals surface area contributed by atoms with Gasteiger partial charge in [0.1, 0.15) is 18.1 Å². The molecular formula is C19H22N2O4. The maximum atomic E-state index is 12.9. The Hall–Kier alpha value is -2.60. The van der Waals surface area contributed by atoms with Crippen LogP contribution in [0.25, 0.3) is 0 Å². The van der Waals surface area contributed by atoms with Gasteiger partial charge in [-0.15, -0.1) is 0 Å². The third kappa shape index (κ3) is 4.09. The number of carbonyl (C=O) groups is 1. The molecule has 2 aromatic rings. The van der Waals surface area contributed by atoms with E-state index in [1.54, 1.807) is 24.4 Å². The third-order valence-electron chi connectivity index (χ3n) is 4.30. The first kappa shape index (κ1) is 17.2. The first-order valence-corrected chi connectivity index (χ1v) is 8.29. The molecule has 1 atom stereocenters. The van der Waals surface area contributed by atoms with E-state index in [2.05, 4.69) is 4.98 Å². The number of carbonyl (C=O) groups excluding carboxylic acids is 1. The third-order valence-corrected chi connectivity index (χ3v) is 4.30. The second kappa shape index (κ2) is 7.98. The Kier molecular flexibility index (Phi) is 5.50. The Bertz CT molecular complexity index is 721. The fourth-order valence-electron chi connectivity index (χ4n) is 3.01. The Morgan fingerprint density at radius 2 is 2.32 bits per heavy atom. The van der Waals surface area contributed by atoms with Crippen LogP contribution < -0.4 is 9.47 Å². The molecule has 1 aliphatic heterocycles. The summed E-state index contributed by atoms with van der Waals surface area (Å²) in [4.78, 5) is 18.7. The fraction of sp³-hybridized carbons (Fsp3) is 0.368. The lowest BCUT2D eigenvalue weighted by atomic mass is 9.95. The summed E-state index contributed by atoms with van der Waals surface area (Å²) in [6, 6.07) is 9.38. The number of amides is 1. The number of ether oxygens (including phenoxy) is 2. The summed E-state index contributed by atoms with van der Waals surface area (Å²) in [6.45, 7) is 0.973. The van der Waals surface area contributed by atoms with E-state index in [-0.39, 0.29) is 25.0 Å². The van der Waals surface area contributed by atoms with E-state index in [0.29, 0.717) is 19.6 Å². The molecule has 132 valence electrons. The number of methoxy groups -OCH3 is 1. The van der Waals surface area contributed by atoms with Crippen molar-refractivity contribution < 1.29 is 19.4 Å². The van der Waals surface area contributed by atoms with Gasteiger partial charge in [0.25, 0.3) is 0 Å². The number of aromatic nitrogens is 1. The molecule has 1 aromatic heterocycles. The average molecular weight is 342 g/mol. The Morgan fingerprint density at radius 1 is 1.44 bits per heavy atom. The summed E-state index contributed by atoms with van der Waals surface area (Å²) < 4.78 is 11.0. The largest absolute Gasteiger partial charge is 0.497 e. The predicted molar refractivity (Wildman–Crippen MR) is 92.4 cm³/mol. The van der Waals surface area contributed by atoms with Gasteiger partial charge in [-0.25, -0.2) is 0 Å². The molecule has 0 saturated carbocycles. The molecule has 6 heteroatoms. The lowest BCUT2D eigenvalue weighted by molar-refractivity contribution is -0.138. The van der Waals surface area contributed by atoms with Crippen LogP contribution in [0.1, 0.15) is 11.1 Å². The Balaban J connectivity index is 1.73. The van der Waals surface area contributed by atoms with Crippen LogP contribution in [0.5, 0.6) is 11.5 Å². The zero-order valence-electron chi connectivity index (χ0n) is 14.2. The van der Waals surface area contributed by atoms with Crippen LogP contribution in [0.4, 0.5) is 0 Å². The van der Waals surface area contributed by atoms with Crippen molar-refractivity contribution in [2.24, 2.45) is 5.92 Å². The summed E-state index contributed by atoms with van der Waals surface area (Å²) in [6.07, 6.45) is 4.02.